The second kappa shape index (κ2) is 6.13. The van der Waals surface area contributed by atoms with E-state index in [1.165, 1.54) is 0 Å². The summed E-state index contributed by atoms with van der Waals surface area (Å²) in [6.45, 7) is 3.20. The number of phenols is 1. The Bertz CT molecular complexity index is 622. The van der Waals surface area contributed by atoms with E-state index in [4.69, 9.17) is 0 Å². The van der Waals surface area contributed by atoms with Gasteiger partial charge in [-0.2, -0.15) is 0 Å². The van der Waals surface area contributed by atoms with E-state index in [0.717, 1.165) is 16.6 Å². The zero-order chi connectivity index (χ0) is 14.7. The molecule has 0 saturated carbocycles. The molecule has 0 fully saturated rings. The van der Waals surface area contributed by atoms with Crippen LogP contribution in [0, 0.1) is 0 Å². The molecule has 0 aliphatic heterocycles. The molecule has 1 N–H and O–H groups in total. The topological polar surface area (TPSA) is 45.5 Å². The fraction of sp³-hybridized carbons (Fsp3) is 0.267. The highest BCUT2D eigenvalue weighted by molar-refractivity contribution is 9.10. The number of phenolic OH excluding ortho intramolecular Hbond substituents is 1. The third-order valence-corrected chi connectivity index (χ3v) is 3.53. The van der Waals surface area contributed by atoms with Gasteiger partial charge < -0.3 is 14.6 Å². The van der Waals surface area contributed by atoms with E-state index in [-0.39, 0.29) is 11.7 Å². The van der Waals surface area contributed by atoms with Crippen LogP contribution in [0.3, 0.4) is 0 Å². The van der Waals surface area contributed by atoms with Gasteiger partial charge in [-0.1, -0.05) is 12.1 Å². The lowest BCUT2D eigenvalue weighted by Crippen LogP contribution is -2.28. The summed E-state index contributed by atoms with van der Waals surface area (Å²) in [5, 5.41) is 9.45. The van der Waals surface area contributed by atoms with Crippen molar-refractivity contribution in [2.24, 2.45) is 0 Å². The molecular formula is C15H17BrN2O2. The summed E-state index contributed by atoms with van der Waals surface area (Å²) in [7, 11) is 1.76. The minimum atomic E-state index is -0.0408. The maximum Gasteiger partial charge on any atom is 0.270 e. The van der Waals surface area contributed by atoms with E-state index in [2.05, 4.69) is 15.9 Å². The Morgan fingerprint density at radius 1 is 1.40 bits per heavy atom. The Kier molecular flexibility index (Phi) is 4.49. The van der Waals surface area contributed by atoms with Crippen molar-refractivity contribution in [2.45, 2.75) is 20.0 Å². The molecule has 1 aromatic carbocycles. The average Bonchev–Trinajstić information content (AvgIpc) is 2.79. The van der Waals surface area contributed by atoms with E-state index >= 15 is 0 Å². The molecule has 2 rings (SSSR count). The lowest BCUT2D eigenvalue weighted by atomic mass is 10.2. The summed E-state index contributed by atoms with van der Waals surface area (Å²) in [6.07, 6.45) is 1.90. The molecule has 2 aromatic rings. The van der Waals surface area contributed by atoms with Gasteiger partial charge in [0.25, 0.3) is 5.91 Å². The van der Waals surface area contributed by atoms with E-state index in [1.807, 2.05) is 29.8 Å². The smallest absolute Gasteiger partial charge is 0.270 e. The van der Waals surface area contributed by atoms with Gasteiger partial charge in [-0.3, -0.25) is 4.79 Å². The van der Waals surface area contributed by atoms with Crippen LogP contribution in [-0.4, -0.2) is 27.5 Å². The number of nitrogens with zero attached hydrogens (tertiary/aromatic N) is 2. The van der Waals surface area contributed by atoms with Crippen molar-refractivity contribution < 1.29 is 9.90 Å². The van der Waals surface area contributed by atoms with Crippen molar-refractivity contribution in [2.75, 3.05) is 7.05 Å². The number of aromatic hydroxyl groups is 1. The predicted molar refractivity (Wildman–Crippen MR) is 81.7 cm³/mol. The van der Waals surface area contributed by atoms with Gasteiger partial charge in [0.1, 0.15) is 11.4 Å². The maximum atomic E-state index is 12.4. The molecule has 20 heavy (non-hydrogen) atoms. The van der Waals surface area contributed by atoms with Gasteiger partial charge in [0.05, 0.1) is 0 Å². The molecule has 0 radical (unpaired) electrons. The maximum absolute atomic E-state index is 12.4. The minimum Gasteiger partial charge on any atom is -0.508 e. The van der Waals surface area contributed by atoms with E-state index in [0.29, 0.717) is 12.2 Å². The van der Waals surface area contributed by atoms with Crippen molar-refractivity contribution in [3.63, 3.8) is 0 Å². The zero-order valence-corrected chi connectivity index (χ0v) is 13.1. The molecule has 1 aromatic heterocycles. The van der Waals surface area contributed by atoms with Gasteiger partial charge in [0.15, 0.2) is 0 Å². The number of hydrogen-bond acceptors (Lipinski definition) is 2. The number of aromatic nitrogens is 1. The molecule has 0 atom stereocenters. The van der Waals surface area contributed by atoms with Gasteiger partial charge in [-0.25, -0.2) is 0 Å². The van der Waals surface area contributed by atoms with Gasteiger partial charge in [-0.15, -0.1) is 0 Å². The lowest BCUT2D eigenvalue weighted by molar-refractivity contribution is 0.0774. The van der Waals surface area contributed by atoms with Crippen LogP contribution in [0.25, 0.3) is 0 Å². The largest absolute Gasteiger partial charge is 0.508 e. The molecule has 0 bridgehead atoms. The normalized spacial score (nSPS) is 10.6. The third kappa shape index (κ3) is 3.22. The van der Waals surface area contributed by atoms with Crippen LogP contribution >= 0.6 is 15.9 Å². The summed E-state index contributed by atoms with van der Waals surface area (Å²) < 4.78 is 2.80. The van der Waals surface area contributed by atoms with Crippen molar-refractivity contribution in [1.82, 2.24) is 9.47 Å². The second-order valence-electron chi connectivity index (χ2n) is 4.66. The molecule has 1 amide bonds. The number of amides is 1. The van der Waals surface area contributed by atoms with Crippen LogP contribution in [0.4, 0.5) is 0 Å². The van der Waals surface area contributed by atoms with Gasteiger partial charge in [0, 0.05) is 30.8 Å². The number of aryl methyl sites for hydroxylation is 1. The van der Waals surface area contributed by atoms with Gasteiger partial charge in [0.2, 0.25) is 0 Å². The third-order valence-electron chi connectivity index (χ3n) is 3.10. The summed E-state index contributed by atoms with van der Waals surface area (Å²) in [4.78, 5) is 14.1. The van der Waals surface area contributed by atoms with Crippen molar-refractivity contribution in [1.29, 1.82) is 0 Å². The van der Waals surface area contributed by atoms with E-state index < -0.39 is 0 Å². The second-order valence-corrected chi connectivity index (χ2v) is 5.58. The minimum absolute atomic E-state index is 0.0408. The Balaban J connectivity index is 2.16. The Morgan fingerprint density at radius 2 is 2.15 bits per heavy atom. The van der Waals surface area contributed by atoms with Crippen LogP contribution in [-0.2, 0) is 13.1 Å². The highest BCUT2D eigenvalue weighted by Crippen LogP contribution is 2.18. The van der Waals surface area contributed by atoms with Crippen LogP contribution in [0.5, 0.6) is 5.75 Å². The monoisotopic (exact) mass is 336 g/mol. The zero-order valence-electron chi connectivity index (χ0n) is 11.5. The molecule has 0 aliphatic carbocycles. The molecule has 4 nitrogen and oxygen atoms in total. The van der Waals surface area contributed by atoms with Crippen LogP contribution in [0.2, 0.25) is 0 Å². The molecule has 0 aliphatic rings. The molecule has 0 saturated heterocycles. The first-order chi connectivity index (χ1) is 9.51. The molecule has 0 spiro atoms. The molecule has 5 heteroatoms. The summed E-state index contributed by atoms with van der Waals surface area (Å²) in [5.41, 5.74) is 1.55. The number of carbonyl (C=O) groups is 1. The fourth-order valence-corrected chi connectivity index (χ4v) is 2.58. The fourth-order valence-electron chi connectivity index (χ4n) is 2.11. The molecular weight excluding hydrogens is 320 g/mol. The quantitative estimate of drug-likeness (QED) is 0.931. The van der Waals surface area contributed by atoms with E-state index in [1.54, 1.807) is 30.1 Å². The average molecular weight is 337 g/mol. The summed E-state index contributed by atoms with van der Waals surface area (Å²) in [6, 6.07) is 8.76. The summed E-state index contributed by atoms with van der Waals surface area (Å²) in [5.74, 6) is 0.170. The highest BCUT2D eigenvalue weighted by atomic mass is 79.9. The lowest BCUT2D eigenvalue weighted by Gasteiger charge is -2.18. The standard InChI is InChI=1S/C15H17BrN2O2/c1-3-18-10-12(16)8-14(18)15(20)17(2)9-11-5-4-6-13(19)7-11/h4-8,10,19H,3,9H2,1-2H3. The molecule has 0 unspecified atom stereocenters. The SMILES string of the molecule is CCn1cc(Br)cc1C(=O)N(C)Cc1cccc(O)c1. The van der Waals surface area contributed by atoms with Crippen molar-refractivity contribution in [3.05, 3.63) is 52.3 Å². The number of hydrogen-bond donors (Lipinski definition) is 1. The first-order valence-corrected chi connectivity index (χ1v) is 7.19. The number of rotatable bonds is 4. The van der Waals surface area contributed by atoms with E-state index in [9.17, 15) is 9.90 Å². The molecule has 1 heterocycles. The van der Waals surface area contributed by atoms with Gasteiger partial charge >= 0.3 is 0 Å². The molecule has 106 valence electrons. The van der Waals surface area contributed by atoms with Crippen LogP contribution < -0.4 is 0 Å². The van der Waals surface area contributed by atoms with Crippen molar-refractivity contribution in [3.8, 4) is 5.75 Å². The summed E-state index contributed by atoms with van der Waals surface area (Å²) >= 11 is 3.39. The number of benzene rings is 1. The predicted octanol–water partition coefficient (Wildman–Crippen LogP) is 3.25. The van der Waals surface area contributed by atoms with Crippen LogP contribution in [0.1, 0.15) is 23.0 Å². The number of halogens is 1. The first-order valence-electron chi connectivity index (χ1n) is 6.40. The van der Waals surface area contributed by atoms with Crippen LogP contribution in [0.15, 0.2) is 41.0 Å². The van der Waals surface area contributed by atoms with Crippen molar-refractivity contribution >= 4 is 21.8 Å². The Labute approximate surface area is 126 Å². The first kappa shape index (κ1) is 14.7. The van der Waals surface area contributed by atoms with Gasteiger partial charge in [-0.05, 0) is 46.6 Å². The Morgan fingerprint density at radius 3 is 2.80 bits per heavy atom. The Hall–Kier alpha value is -1.75. The number of carbonyl (C=O) groups excluding carboxylic acids is 1. The highest BCUT2D eigenvalue weighted by Gasteiger charge is 2.17.